The van der Waals surface area contributed by atoms with Crippen LogP contribution < -0.4 is 11.3 Å². The lowest BCUT2D eigenvalue weighted by Crippen LogP contribution is -2.20. The van der Waals surface area contributed by atoms with Crippen molar-refractivity contribution in [2.24, 2.45) is 0 Å². The number of nitrogens with one attached hydrogen (secondary N) is 1. The number of carbonyl (C=O) groups is 1. The number of para-hydroxylation sites is 3. The van der Waals surface area contributed by atoms with Crippen LogP contribution in [0, 0.1) is 0 Å². The second-order valence-corrected chi connectivity index (χ2v) is 6.34. The summed E-state index contributed by atoms with van der Waals surface area (Å²) in [7, 11) is 0. The first-order valence-electron chi connectivity index (χ1n) is 8.80. The van der Waals surface area contributed by atoms with Crippen LogP contribution >= 0.6 is 0 Å². The van der Waals surface area contributed by atoms with E-state index in [1.165, 1.54) is 4.57 Å². The standard InChI is InChI=1S/C20H17N3O5/c1-12(18-21-14-7-3-2-6-13(14)19(25)22-18)27-17(24)10-11-23-15-8-4-5-9-16(15)28-20(23)26/h2-9,12H,10-11H2,1H3,(H,21,22,25)/t12-/m0/s1. The van der Waals surface area contributed by atoms with Gasteiger partial charge in [0.2, 0.25) is 0 Å². The SMILES string of the molecule is C[C@H](OC(=O)CCn1c(=O)oc2ccccc21)c1nc2ccccc2c(=O)[nH]1. The van der Waals surface area contributed by atoms with Gasteiger partial charge in [-0.15, -0.1) is 0 Å². The summed E-state index contributed by atoms with van der Waals surface area (Å²) in [5, 5.41) is 0.469. The summed E-state index contributed by atoms with van der Waals surface area (Å²) in [6.45, 7) is 1.76. The molecule has 0 unspecified atom stereocenters. The Balaban J connectivity index is 1.47. The number of fused-ring (bicyclic) bond motifs is 2. The van der Waals surface area contributed by atoms with Gasteiger partial charge in [0.1, 0.15) is 0 Å². The lowest BCUT2D eigenvalue weighted by molar-refractivity contribution is -0.149. The summed E-state index contributed by atoms with van der Waals surface area (Å²) in [6.07, 6.45) is -0.756. The minimum absolute atomic E-state index is 0.0222. The van der Waals surface area contributed by atoms with Crippen LogP contribution in [0.5, 0.6) is 0 Å². The summed E-state index contributed by atoms with van der Waals surface area (Å²) in [4.78, 5) is 43.3. The fourth-order valence-electron chi connectivity index (χ4n) is 3.04. The Hall–Kier alpha value is -3.68. The molecule has 8 nitrogen and oxygen atoms in total. The maximum atomic E-state index is 12.2. The quantitative estimate of drug-likeness (QED) is 0.534. The molecule has 2 aromatic carbocycles. The molecule has 0 aliphatic heterocycles. The van der Waals surface area contributed by atoms with Crippen molar-refractivity contribution in [3.05, 3.63) is 75.3 Å². The zero-order chi connectivity index (χ0) is 19.7. The highest BCUT2D eigenvalue weighted by molar-refractivity contribution is 5.77. The molecule has 0 saturated carbocycles. The Kier molecular flexibility index (Phi) is 4.52. The maximum Gasteiger partial charge on any atom is 0.419 e. The van der Waals surface area contributed by atoms with Crippen LogP contribution in [-0.4, -0.2) is 20.5 Å². The zero-order valence-corrected chi connectivity index (χ0v) is 15.0. The van der Waals surface area contributed by atoms with Gasteiger partial charge in [0, 0.05) is 6.54 Å². The van der Waals surface area contributed by atoms with Gasteiger partial charge in [0.15, 0.2) is 17.5 Å². The molecule has 4 rings (SSSR count). The van der Waals surface area contributed by atoms with Crippen LogP contribution in [0.15, 0.2) is 62.5 Å². The van der Waals surface area contributed by atoms with Crippen molar-refractivity contribution >= 4 is 28.0 Å². The van der Waals surface area contributed by atoms with E-state index < -0.39 is 17.8 Å². The third-order valence-electron chi connectivity index (χ3n) is 4.44. The highest BCUT2D eigenvalue weighted by Gasteiger charge is 2.17. The average molecular weight is 379 g/mol. The molecular formula is C20H17N3O5. The molecule has 28 heavy (non-hydrogen) atoms. The lowest BCUT2D eigenvalue weighted by atomic mass is 10.2. The number of oxazole rings is 1. The second kappa shape index (κ2) is 7.15. The molecule has 2 aromatic heterocycles. The molecular weight excluding hydrogens is 362 g/mol. The third kappa shape index (κ3) is 3.32. The van der Waals surface area contributed by atoms with E-state index in [1.54, 1.807) is 55.5 Å². The van der Waals surface area contributed by atoms with Crippen LogP contribution in [0.4, 0.5) is 0 Å². The first-order valence-corrected chi connectivity index (χ1v) is 8.80. The number of nitrogens with zero attached hydrogens (tertiary/aromatic N) is 2. The Bertz CT molecular complexity index is 1280. The van der Waals surface area contributed by atoms with Crippen LogP contribution in [-0.2, 0) is 16.1 Å². The number of hydrogen-bond donors (Lipinski definition) is 1. The van der Waals surface area contributed by atoms with E-state index in [9.17, 15) is 14.4 Å². The first-order chi connectivity index (χ1) is 13.5. The number of aromatic amines is 1. The Labute approximate surface area is 158 Å². The summed E-state index contributed by atoms with van der Waals surface area (Å²) in [6, 6.07) is 13.9. The van der Waals surface area contributed by atoms with Crippen molar-refractivity contribution in [1.82, 2.24) is 14.5 Å². The van der Waals surface area contributed by atoms with Crippen LogP contribution in [0.1, 0.15) is 25.3 Å². The number of ether oxygens (including phenoxy) is 1. The highest BCUT2D eigenvalue weighted by Crippen LogP contribution is 2.16. The molecule has 0 spiro atoms. The van der Waals surface area contributed by atoms with Crippen molar-refractivity contribution in [3.8, 4) is 0 Å². The van der Waals surface area contributed by atoms with E-state index in [4.69, 9.17) is 9.15 Å². The van der Waals surface area contributed by atoms with E-state index in [0.29, 0.717) is 22.0 Å². The van der Waals surface area contributed by atoms with Crippen LogP contribution in [0.2, 0.25) is 0 Å². The number of aryl methyl sites for hydroxylation is 1. The van der Waals surface area contributed by atoms with Crippen molar-refractivity contribution in [3.63, 3.8) is 0 Å². The van der Waals surface area contributed by atoms with Crippen LogP contribution in [0.3, 0.4) is 0 Å². The van der Waals surface area contributed by atoms with Crippen molar-refractivity contribution in [2.75, 3.05) is 0 Å². The number of benzene rings is 2. The van der Waals surface area contributed by atoms with E-state index in [1.807, 2.05) is 0 Å². The molecule has 1 N–H and O–H groups in total. The predicted octanol–water partition coefficient (Wildman–Crippen LogP) is 2.53. The monoisotopic (exact) mass is 379 g/mol. The van der Waals surface area contributed by atoms with E-state index in [2.05, 4.69) is 9.97 Å². The molecule has 8 heteroatoms. The molecule has 1 atom stereocenters. The molecule has 0 aliphatic carbocycles. The Morgan fingerprint density at radius 3 is 2.79 bits per heavy atom. The molecule has 0 fully saturated rings. The van der Waals surface area contributed by atoms with E-state index in [-0.39, 0.29) is 24.3 Å². The van der Waals surface area contributed by atoms with Crippen LogP contribution in [0.25, 0.3) is 22.0 Å². The summed E-state index contributed by atoms with van der Waals surface area (Å²) in [5.74, 6) is -0.772. The average Bonchev–Trinajstić information content (AvgIpc) is 3.01. The molecule has 4 aromatic rings. The maximum absolute atomic E-state index is 12.2. The molecule has 0 radical (unpaired) electrons. The molecule has 0 aliphatic rings. The minimum Gasteiger partial charge on any atom is -0.454 e. The summed E-state index contributed by atoms with van der Waals surface area (Å²) < 4.78 is 11.9. The van der Waals surface area contributed by atoms with Gasteiger partial charge in [-0.3, -0.25) is 14.2 Å². The van der Waals surface area contributed by atoms with Gasteiger partial charge < -0.3 is 14.1 Å². The topological polar surface area (TPSA) is 107 Å². The van der Waals surface area contributed by atoms with Crippen molar-refractivity contribution < 1.29 is 13.9 Å². The lowest BCUT2D eigenvalue weighted by Gasteiger charge is -2.13. The van der Waals surface area contributed by atoms with Gasteiger partial charge in [0.25, 0.3) is 5.56 Å². The summed E-state index contributed by atoms with van der Waals surface area (Å²) in [5.41, 5.74) is 1.32. The molecule has 0 amide bonds. The number of hydrogen-bond acceptors (Lipinski definition) is 6. The second-order valence-electron chi connectivity index (χ2n) is 6.34. The fourth-order valence-corrected chi connectivity index (χ4v) is 3.04. The van der Waals surface area contributed by atoms with Gasteiger partial charge >= 0.3 is 11.7 Å². The van der Waals surface area contributed by atoms with Crippen molar-refractivity contribution in [1.29, 1.82) is 0 Å². The predicted molar refractivity (Wildman–Crippen MR) is 102 cm³/mol. The van der Waals surface area contributed by atoms with Gasteiger partial charge in [0.05, 0.1) is 22.8 Å². The number of esters is 1. The Morgan fingerprint density at radius 2 is 1.93 bits per heavy atom. The summed E-state index contributed by atoms with van der Waals surface area (Å²) >= 11 is 0. The fraction of sp³-hybridized carbons (Fsp3) is 0.200. The smallest absolute Gasteiger partial charge is 0.419 e. The Morgan fingerprint density at radius 1 is 1.18 bits per heavy atom. The third-order valence-corrected chi connectivity index (χ3v) is 4.44. The normalized spacial score (nSPS) is 12.3. The van der Waals surface area contributed by atoms with Gasteiger partial charge in [-0.05, 0) is 31.2 Å². The molecule has 0 saturated heterocycles. The number of aromatic nitrogens is 3. The molecule has 2 heterocycles. The van der Waals surface area contributed by atoms with E-state index in [0.717, 1.165) is 0 Å². The molecule has 0 bridgehead atoms. The van der Waals surface area contributed by atoms with Gasteiger partial charge in [-0.25, -0.2) is 9.78 Å². The number of carbonyl (C=O) groups excluding carboxylic acids is 1. The first kappa shape index (κ1) is 17.7. The minimum atomic E-state index is -0.734. The number of rotatable bonds is 5. The van der Waals surface area contributed by atoms with E-state index >= 15 is 0 Å². The number of H-pyrrole nitrogens is 1. The van der Waals surface area contributed by atoms with Gasteiger partial charge in [-0.2, -0.15) is 0 Å². The molecule has 142 valence electrons. The highest BCUT2D eigenvalue weighted by atomic mass is 16.5. The largest absolute Gasteiger partial charge is 0.454 e. The van der Waals surface area contributed by atoms with Gasteiger partial charge in [-0.1, -0.05) is 24.3 Å². The van der Waals surface area contributed by atoms with Crippen molar-refractivity contribution in [2.45, 2.75) is 26.0 Å². The zero-order valence-electron chi connectivity index (χ0n) is 15.0.